The molecule has 1 aliphatic carbocycles. The standard InChI is InChI=1S/C26H33NO/c1-2-3-4-5-6-17-26(20-27)18-15-24(16-19-26)22-9-7-21(8-10-22)23-11-13-25(28)14-12-23/h7-14,24,28H,2-6,15-19H2,1H3/t24-,26-. The first-order valence-electron chi connectivity index (χ1n) is 11.0. The van der Waals surface area contributed by atoms with Gasteiger partial charge in [0.2, 0.25) is 0 Å². The smallest absolute Gasteiger partial charge is 0.115 e. The van der Waals surface area contributed by atoms with E-state index in [1.165, 1.54) is 43.2 Å². The van der Waals surface area contributed by atoms with Crippen molar-refractivity contribution >= 4 is 0 Å². The average Bonchev–Trinajstić information content (AvgIpc) is 2.75. The zero-order valence-corrected chi connectivity index (χ0v) is 17.2. The van der Waals surface area contributed by atoms with Crippen LogP contribution >= 0.6 is 0 Å². The Morgan fingerprint density at radius 2 is 1.46 bits per heavy atom. The molecule has 2 nitrogen and oxygen atoms in total. The molecule has 0 aliphatic heterocycles. The van der Waals surface area contributed by atoms with E-state index in [1.807, 2.05) is 12.1 Å². The highest BCUT2D eigenvalue weighted by molar-refractivity contribution is 5.64. The molecule has 0 unspecified atom stereocenters. The fourth-order valence-electron chi connectivity index (χ4n) is 4.59. The van der Waals surface area contributed by atoms with E-state index in [1.54, 1.807) is 12.1 Å². The molecule has 3 rings (SSSR count). The van der Waals surface area contributed by atoms with E-state index in [4.69, 9.17) is 0 Å². The van der Waals surface area contributed by atoms with Crippen molar-refractivity contribution in [2.45, 2.75) is 77.0 Å². The van der Waals surface area contributed by atoms with Crippen LogP contribution in [0.2, 0.25) is 0 Å². The van der Waals surface area contributed by atoms with Gasteiger partial charge in [-0.05, 0) is 66.8 Å². The van der Waals surface area contributed by atoms with Crippen LogP contribution in [0.15, 0.2) is 48.5 Å². The Labute approximate surface area is 170 Å². The number of benzene rings is 2. The third-order valence-electron chi connectivity index (χ3n) is 6.52. The first kappa shape index (κ1) is 20.5. The molecule has 1 aliphatic rings. The van der Waals surface area contributed by atoms with Gasteiger partial charge in [-0.15, -0.1) is 0 Å². The summed E-state index contributed by atoms with van der Waals surface area (Å²) >= 11 is 0. The van der Waals surface area contributed by atoms with Crippen LogP contribution in [0.25, 0.3) is 11.1 Å². The third-order valence-corrected chi connectivity index (χ3v) is 6.52. The molecule has 1 N–H and O–H groups in total. The SMILES string of the molecule is CCCCCCC[C@]1(C#N)CC[C@H](c2ccc(-c3ccc(O)cc3)cc2)CC1. The molecule has 0 radical (unpaired) electrons. The number of phenols is 1. The second-order valence-corrected chi connectivity index (χ2v) is 8.50. The molecule has 1 saturated carbocycles. The predicted octanol–water partition coefficient (Wildman–Crippen LogP) is 7.59. The van der Waals surface area contributed by atoms with E-state index >= 15 is 0 Å². The topological polar surface area (TPSA) is 44.0 Å². The number of unbranched alkanes of at least 4 members (excludes halogenated alkanes) is 4. The Hall–Kier alpha value is -2.27. The minimum absolute atomic E-state index is 0.0747. The van der Waals surface area contributed by atoms with Gasteiger partial charge in [-0.3, -0.25) is 0 Å². The van der Waals surface area contributed by atoms with Crippen molar-refractivity contribution in [1.29, 1.82) is 5.26 Å². The molecule has 0 bridgehead atoms. The minimum Gasteiger partial charge on any atom is -0.508 e. The van der Waals surface area contributed by atoms with E-state index in [9.17, 15) is 10.4 Å². The Morgan fingerprint density at radius 1 is 0.893 bits per heavy atom. The van der Waals surface area contributed by atoms with E-state index < -0.39 is 0 Å². The van der Waals surface area contributed by atoms with Crippen LogP contribution in [-0.2, 0) is 0 Å². The molecular weight excluding hydrogens is 342 g/mol. The summed E-state index contributed by atoms with van der Waals surface area (Å²) in [5, 5.41) is 19.3. The van der Waals surface area contributed by atoms with Crippen molar-refractivity contribution in [2.24, 2.45) is 5.41 Å². The van der Waals surface area contributed by atoms with Crippen LogP contribution in [0, 0.1) is 16.7 Å². The largest absolute Gasteiger partial charge is 0.508 e. The van der Waals surface area contributed by atoms with Crippen LogP contribution in [-0.4, -0.2) is 5.11 Å². The van der Waals surface area contributed by atoms with Gasteiger partial charge in [0.25, 0.3) is 0 Å². The summed E-state index contributed by atoms with van der Waals surface area (Å²) in [4.78, 5) is 0. The van der Waals surface area contributed by atoms with Crippen LogP contribution < -0.4 is 0 Å². The summed E-state index contributed by atoms with van der Waals surface area (Å²) in [6.07, 6.45) is 11.8. The van der Waals surface area contributed by atoms with Gasteiger partial charge in [-0.2, -0.15) is 5.26 Å². The van der Waals surface area contributed by atoms with Gasteiger partial charge in [-0.1, -0.05) is 75.4 Å². The quantitative estimate of drug-likeness (QED) is 0.483. The lowest BCUT2D eigenvalue weighted by molar-refractivity contribution is 0.223. The van der Waals surface area contributed by atoms with Gasteiger partial charge in [0, 0.05) is 0 Å². The molecule has 0 aromatic heterocycles. The Morgan fingerprint density at radius 3 is 2.04 bits per heavy atom. The summed E-state index contributed by atoms with van der Waals surface area (Å²) in [6, 6.07) is 18.9. The summed E-state index contributed by atoms with van der Waals surface area (Å²) in [6.45, 7) is 2.25. The van der Waals surface area contributed by atoms with Gasteiger partial charge in [0.05, 0.1) is 11.5 Å². The highest BCUT2D eigenvalue weighted by Crippen LogP contribution is 2.45. The highest BCUT2D eigenvalue weighted by atomic mass is 16.3. The Bertz CT molecular complexity index is 762. The second-order valence-electron chi connectivity index (χ2n) is 8.50. The molecule has 2 aromatic rings. The number of phenolic OH excluding ortho intramolecular Hbond substituents is 1. The van der Waals surface area contributed by atoms with Gasteiger partial charge in [0.15, 0.2) is 0 Å². The second kappa shape index (κ2) is 9.78. The normalized spacial score (nSPS) is 21.9. The minimum atomic E-state index is -0.0747. The zero-order valence-electron chi connectivity index (χ0n) is 17.2. The maximum absolute atomic E-state index is 9.82. The first-order chi connectivity index (χ1) is 13.7. The number of nitrogens with zero attached hydrogens (tertiary/aromatic N) is 1. The maximum atomic E-state index is 9.82. The Balaban J connectivity index is 1.55. The summed E-state index contributed by atoms with van der Waals surface area (Å²) in [7, 11) is 0. The maximum Gasteiger partial charge on any atom is 0.115 e. The van der Waals surface area contributed by atoms with Crippen molar-refractivity contribution in [2.75, 3.05) is 0 Å². The monoisotopic (exact) mass is 375 g/mol. The molecule has 0 atom stereocenters. The third kappa shape index (κ3) is 5.16. The van der Waals surface area contributed by atoms with Crippen molar-refractivity contribution in [3.8, 4) is 22.9 Å². The number of hydrogen-bond donors (Lipinski definition) is 1. The molecule has 148 valence electrons. The summed E-state index contributed by atoms with van der Waals surface area (Å²) < 4.78 is 0. The highest BCUT2D eigenvalue weighted by Gasteiger charge is 2.35. The molecule has 0 saturated heterocycles. The van der Waals surface area contributed by atoms with E-state index in [-0.39, 0.29) is 5.41 Å². The van der Waals surface area contributed by atoms with E-state index in [2.05, 4.69) is 37.3 Å². The lowest BCUT2D eigenvalue weighted by Gasteiger charge is -2.35. The number of rotatable bonds is 8. The van der Waals surface area contributed by atoms with E-state index in [0.717, 1.165) is 37.7 Å². The van der Waals surface area contributed by atoms with Crippen LogP contribution in [0.1, 0.15) is 82.6 Å². The summed E-state index contributed by atoms with van der Waals surface area (Å²) in [5.41, 5.74) is 3.63. The number of nitriles is 1. The zero-order chi connectivity index (χ0) is 19.8. The van der Waals surface area contributed by atoms with Crippen molar-refractivity contribution in [1.82, 2.24) is 0 Å². The average molecular weight is 376 g/mol. The van der Waals surface area contributed by atoms with Crippen molar-refractivity contribution in [3.63, 3.8) is 0 Å². The molecule has 0 heterocycles. The molecule has 2 aromatic carbocycles. The first-order valence-corrected chi connectivity index (χ1v) is 11.0. The van der Waals surface area contributed by atoms with Gasteiger partial charge < -0.3 is 5.11 Å². The van der Waals surface area contributed by atoms with Crippen LogP contribution in [0.5, 0.6) is 5.75 Å². The van der Waals surface area contributed by atoms with Gasteiger partial charge >= 0.3 is 0 Å². The summed E-state index contributed by atoms with van der Waals surface area (Å²) in [5.74, 6) is 0.879. The molecule has 1 fully saturated rings. The van der Waals surface area contributed by atoms with Crippen LogP contribution in [0.3, 0.4) is 0 Å². The van der Waals surface area contributed by atoms with Gasteiger partial charge in [-0.25, -0.2) is 0 Å². The fourth-order valence-corrected chi connectivity index (χ4v) is 4.59. The predicted molar refractivity (Wildman–Crippen MR) is 116 cm³/mol. The fraction of sp³-hybridized carbons (Fsp3) is 0.500. The van der Waals surface area contributed by atoms with Gasteiger partial charge in [0.1, 0.15) is 5.75 Å². The number of hydrogen-bond acceptors (Lipinski definition) is 2. The lowest BCUT2D eigenvalue weighted by atomic mass is 9.67. The van der Waals surface area contributed by atoms with Crippen LogP contribution in [0.4, 0.5) is 0 Å². The molecule has 28 heavy (non-hydrogen) atoms. The molecule has 0 spiro atoms. The number of aromatic hydroxyl groups is 1. The Kier molecular flexibility index (Phi) is 7.15. The molecule has 2 heteroatoms. The molecular formula is C26H33NO. The van der Waals surface area contributed by atoms with Crippen molar-refractivity contribution < 1.29 is 5.11 Å². The lowest BCUT2D eigenvalue weighted by Crippen LogP contribution is -2.25. The van der Waals surface area contributed by atoms with Crippen molar-refractivity contribution in [3.05, 3.63) is 54.1 Å². The molecule has 0 amide bonds. The van der Waals surface area contributed by atoms with E-state index in [0.29, 0.717) is 11.7 Å².